The molecule has 0 fully saturated rings. The molecule has 1 aliphatic rings. The van der Waals surface area contributed by atoms with Crippen LogP contribution in [0, 0.1) is 32.1 Å². The lowest BCUT2D eigenvalue weighted by atomic mass is 9.88. The van der Waals surface area contributed by atoms with E-state index in [1.54, 1.807) is 18.3 Å². The quantitative estimate of drug-likeness (QED) is 0.817. The van der Waals surface area contributed by atoms with Gasteiger partial charge in [0.05, 0.1) is 17.4 Å². The van der Waals surface area contributed by atoms with Crippen LogP contribution in [0.25, 0.3) is 0 Å². The zero-order valence-corrected chi connectivity index (χ0v) is 16.1. The number of esters is 1. The summed E-state index contributed by atoms with van der Waals surface area (Å²) in [4.78, 5) is 16.3. The third-order valence-electron chi connectivity index (χ3n) is 4.08. The Hall–Kier alpha value is -2.30. The summed E-state index contributed by atoms with van der Waals surface area (Å²) < 4.78 is 10.9. The smallest absolute Gasteiger partial charge is 0.343 e. The zero-order chi connectivity index (χ0) is 18.3. The van der Waals surface area contributed by atoms with E-state index in [-0.39, 0.29) is 18.4 Å². The molecule has 2 aromatic heterocycles. The molecule has 0 radical (unpaired) electrons. The molecule has 0 bridgehead atoms. The molecule has 0 saturated heterocycles. The maximum atomic E-state index is 12.4. The van der Waals surface area contributed by atoms with E-state index in [1.165, 1.54) is 11.3 Å². The van der Waals surface area contributed by atoms with Crippen LogP contribution in [0.15, 0.2) is 17.5 Å². The Morgan fingerprint density at radius 3 is 2.64 bits per heavy atom. The summed E-state index contributed by atoms with van der Waals surface area (Å²) in [7, 11) is 0. The van der Waals surface area contributed by atoms with Crippen molar-refractivity contribution in [1.82, 2.24) is 0 Å². The summed E-state index contributed by atoms with van der Waals surface area (Å²) in [6, 6.07) is 4.26. The van der Waals surface area contributed by atoms with Crippen LogP contribution in [0.3, 0.4) is 0 Å². The molecule has 25 heavy (non-hydrogen) atoms. The largest absolute Gasteiger partial charge is 0.462 e. The van der Waals surface area contributed by atoms with Gasteiger partial charge in [0.25, 0.3) is 0 Å². The molecule has 1 aliphatic heterocycles. The van der Waals surface area contributed by atoms with E-state index in [2.05, 4.69) is 12.1 Å². The minimum absolute atomic E-state index is 0.0478. The Balaban J connectivity index is 2.24. The van der Waals surface area contributed by atoms with Gasteiger partial charge in [-0.3, -0.25) is 0 Å². The van der Waals surface area contributed by atoms with Gasteiger partial charge in [0.15, 0.2) is 5.75 Å². The summed E-state index contributed by atoms with van der Waals surface area (Å²) in [6.45, 7) is 7.95. The van der Waals surface area contributed by atoms with Gasteiger partial charge < -0.3 is 15.2 Å². The van der Waals surface area contributed by atoms with Crippen LogP contribution in [-0.2, 0) is 4.74 Å². The van der Waals surface area contributed by atoms with Gasteiger partial charge in [-0.15, -0.1) is 22.7 Å². The second-order valence-electron chi connectivity index (χ2n) is 5.74. The molecule has 0 saturated carbocycles. The van der Waals surface area contributed by atoms with Crippen molar-refractivity contribution in [2.45, 2.75) is 33.6 Å². The van der Waals surface area contributed by atoms with E-state index >= 15 is 0 Å². The average molecular weight is 374 g/mol. The van der Waals surface area contributed by atoms with Gasteiger partial charge in [-0.2, -0.15) is 5.26 Å². The second-order valence-corrected chi connectivity index (χ2v) is 8.46. The molecular weight excluding hydrogens is 356 g/mol. The molecule has 0 unspecified atom stereocenters. The SMILES string of the molecule is CCOC(=O)c1c(C)sc2c1OC(N)=C(C#N)[C@@H]2c1cc(C)sc1C. The summed E-state index contributed by atoms with van der Waals surface area (Å²) in [5, 5.41) is 9.63. The molecule has 1 atom stereocenters. The van der Waals surface area contributed by atoms with Crippen LogP contribution in [0.2, 0.25) is 0 Å². The molecule has 0 aromatic carbocycles. The fraction of sp³-hybridized carbons (Fsp3) is 0.333. The normalized spacial score (nSPS) is 16.2. The minimum Gasteiger partial charge on any atom is -0.462 e. The zero-order valence-electron chi connectivity index (χ0n) is 14.4. The molecular formula is C18H18N2O3S2. The highest BCUT2D eigenvalue weighted by Gasteiger charge is 2.38. The van der Waals surface area contributed by atoms with Gasteiger partial charge in [0.2, 0.25) is 5.88 Å². The van der Waals surface area contributed by atoms with Crippen LogP contribution in [-0.4, -0.2) is 12.6 Å². The van der Waals surface area contributed by atoms with Crippen molar-refractivity contribution >= 4 is 28.6 Å². The molecule has 2 N–H and O–H groups in total. The van der Waals surface area contributed by atoms with Crippen molar-refractivity contribution in [2.75, 3.05) is 6.61 Å². The van der Waals surface area contributed by atoms with Crippen LogP contribution in [0.4, 0.5) is 0 Å². The van der Waals surface area contributed by atoms with Crippen molar-refractivity contribution in [1.29, 1.82) is 5.26 Å². The Morgan fingerprint density at radius 2 is 2.08 bits per heavy atom. The Bertz CT molecular complexity index is 931. The Labute approximate surface area is 154 Å². The third-order valence-corrected chi connectivity index (χ3v) is 6.22. The Kier molecular flexibility index (Phi) is 4.58. The van der Waals surface area contributed by atoms with E-state index in [9.17, 15) is 10.1 Å². The summed E-state index contributed by atoms with van der Waals surface area (Å²) in [5.74, 6) is -0.273. The predicted molar refractivity (Wildman–Crippen MR) is 98.1 cm³/mol. The molecule has 0 aliphatic carbocycles. The molecule has 3 rings (SSSR count). The number of nitrogens with two attached hydrogens (primary N) is 1. The van der Waals surface area contributed by atoms with Crippen LogP contribution in [0.5, 0.6) is 5.75 Å². The number of allylic oxidation sites excluding steroid dienone is 1. The number of nitriles is 1. The lowest BCUT2D eigenvalue weighted by Gasteiger charge is -2.24. The molecule has 5 nitrogen and oxygen atoms in total. The molecule has 2 aromatic rings. The number of hydrogen-bond donors (Lipinski definition) is 1. The summed E-state index contributed by atoms with van der Waals surface area (Å²) in [6.07, 6.45) is 0. The topological polar surface area (TPSA) is 85.3 Å². The number of aryl methyl sites for hydroxylation is 3. The van der Waals surface area contributed by atoms with E-state index in [1.807, 2.05) is 20.8 Å². The van der Waals surface area contributed by atoms with Crippen molar-refractivity contribution in [2.24, 2.45) is 5.73 Å². The van der Waals surface area contributed by atoms with Gasteiger partial charge in [-0.1, -0.05) is 0 Å². The second kappa shape index (κ2) is 6.54. The van der Waals surface area contributed by atoms with Gasteiger partial charge in [0, 0.05) is 14.6 Å². The van der Waals surface area contributed by atoms with Crippen molar-refractivity contribution in [3.8, 4) is 11.8 Å². The fourth-order valence-electron chi connectivity index (χ4n) is 3.07. The monoisotopic (exact) mass is 374 g/mol. The van der Waals surface area contributed by atoms with E-state index in [0.29, 0.717) is 16.9 Å². The van der Waals surface area contributed by atoms with Gasteiger partial charge in [-0.25, -0.2) is 4.79 Å². The maximum Gasteiger partial charge on any atom is 0.343 e. The number of fused-ring (bicyclic) bond motifs is 1. The average Bonchev–Trinajstić information content (AvgIpc) is 3.04. The van der Waals surface area contributed by atoms with Gasteiger partial charge >= 0.3 is 5.97 Å². The van der Waals surface area contributed by atoms with Crippen molar-refractivity contribution in [3.05, 3.63) is 48.2 Å². The summed E-state index contributed by atoms with van der Waals surface area (Å²) >= 11 is 3.13. The van der Waals surface area contributed by atoms with Crippen LogP contribution < -0.4 is 10.5 Å². The summed E-state index contributed by atoms with van der Waals surface area (Å²) in [5.41, 5.74) is 7.84. The van der Waals surface area contributed by atoms with Crippen molar-refractivity contribution < 1.29 is 14.3 Å². The number of rotatable bonds is 3. The number of carbonyl (C=O) groups excluding carboxylic acids is 1. The van der Waals surface area contributed by atoms with Crippen LogP contribution >= 0.6 is 22.7 Å². The van der Waals surface area contributed by atoms with E-state index in [0.717, 1.165) is 25.1 Å². The number of ether oxygens (including phenoxy) is 2. The lowest BCUT2D eigenvalue weighted by molar-refractivity contribution is 0.0522. The number of hydrogen-bond acceptors (Lipinski definition) is 7. The minimum atomic E-state index is -0.428. The van der Waals surface area contributed by atoms with E-state index < -0.39 is 5.97 Å². The highest BCUT2D eigenvalue weighted by atomic mass is 32.1. The Morgan fingerprint density at radius 1 is 1.36 bits per heavy atom. The number of thiophene rings is 2. The van der Waals surface area contributed by atoms with Crippen molar-refractivity contribution in [3.63, 3.8) is 0 Å². The highest BCUT2D eigenvalue weighted by Crippen LogP contribution is 2.50. The first-order valence-corrected chi connectivity index (χ1v) is 9.47. The predicted octanol–water partition coefficient (Wildman–Crippen LogP) is 4.13. The molecule has 7 heteroatoms. The first-order valence-electron chi connectivity index (χ1n) is 7.83. The highest BCUT2D eigenvalue weighted by molar-refractivity contribution is 7.13. The van der Waals surface area contributed by atoms with E-state index in [4.69, 9.17) is 15.2 Å². The fourth-order valence-corrected chi connectivity index (χ4v) is 5.24. The third kappa shape index (κ3) is 2.81. The molecule has 130 valence electrons. The van der Waals surface area contributed by atoms with Gasteiger partial charge in [-0.05, 0) is 39.3 Å². The maximum absolute atomic E-state index is 12.4. The standard InChI is InChI=1S/C18H18N2O3S2/c1-5-22-18(21)13-10(4)25-16-14(11-6-8(2)24-9(11)3)12(7-19)17(20)23-15(13)16/h6,14H,5,20H2,1-4H3/t14-/m0/s1. The molecule has 0 spiro atoms. The first-order chi connectivity index (χ1) is 11.9. The lowest BCUT2D eigenvalue weighted by Crippen LogP contribution is -2.21. The van der Waals surface area contributed by atoms with Crippen LogP contribution in [0.1, 0.15) is 48.3 Å². The first kappa shape index (κ1) is 17.5. The number of nitrogens with zero attached hydrogens (tertiary/aromatic N) is 1. The molecule has 3 heterocycles. The number of carbonyl (C=O) groups is 1. The molecule has 0 amide bonds. The van der Waals surface area contributed by atoms with Gasteiger partial charge in [0.1, 0.15) is 17.2 Å².